The second-order valence-corrected chi connectivity index (χ2v) is 8.26. The molecule has 0 saturated carbocycles. The third-order valence-electron chi connectivity index (χ3n) is 5.32. The monoisotopic (exact) mass is 439 g/mol. The van der Waals surface area contributed by atoms with Gasteiger partial charge in [0.1, 0.15) is 17.3 Å². The number of aliphatic hydroxyl groups is 1. The molecule has 2 aromatic carbocycles. The number of aliphatic hydroxyl groups excluding tert-OH is 1. The number of benzene rings is 2. The quantitative estimate of drug-likeness (QED) is 0.369. The van der Waals surface area contributed by atoms with Crippen LogP contribution >= 0.6 is 0 Å². The van der Waals surface area contributed by atoms with Crippen molar-refractivity contribution in [1.82, 2.24) is 4.90 Å². The number of hydrogen-bond acceptors (Lipinski definition) is 6. The lowest BCUT2D eigenvalue weighted by Gasteiger charge is -2.25. The van der Waals surface area contributed by atoms with Crippen molar-refractivity contribution in [3.63, 3.8) is 0 Å². The number of carbonyl (C=O) groups excluding carboxylic acids is 2. The number of ether oxygens (including phenoxy) is 2. The van der Waals surface area contributed by atoms with Crippen LogP contribution in [0.4, 0.5) is 0 Å². The predicted octanol–water partition coefficient (Wildman–Crippen LogP) is 3.80. The first-order valence-electron chi connectivity index (χ1n) is 10.5. The maximum absolute atomic E-state index is 13.0. The van der Waals surface area contributed by atoms with Crippen LogP contribution in [0.2, 0.25) is 0 Å². The summed E-state index contributed by atoms with van der Waals surface area (Å²) in [7, 11) is 1.51. The second-order valence-electron chi connectivity index (χ2n) is 8.26. The largest absolute Gasteiger partial charge is 0.508 e. The molecule has 32 heavy (non-hydrogen) atoms. The summed E-state index contributed by atoms with van der Waals surface area (Å²) in [5, 5.41) is 20.8. The van der Waals surface area contributed by atoms with Crippen LogP contribution in [0.25, 0.3) is 5.76 Å². The van der Waals surface area contributed by atoms with E-state index in [1.54, 1.807) is 30.3 Å². The van der Waals surface area contributed by atoms with Gasteiger partial charge in [-0.15, -0.1) is 0 Å². The molecule has 3 rings (SSSR count). The van der Waals surface area contributed by atoms with Gasteiger partial charge in [-0.05, 0) is 54.3 Å². The predicted molar refractivity (Wildman–Crippen MR) is 121 cm³/mol. The molecule has 1 aliphatic heterocycles. The fourth-order valence-electron chi connectivity index (χ4n) is 3.70. The van der Waals surface area contributed by atoms with Crippen molar-refractivity contribution in [2.45, 2.75) is 26.8 Å². The number of aryl methyl sites for hydroxylation is 1. The number of likely N-dealkylation sites (tertiary alicyclic amines) is 1. The highest BCUT2D eigenvalue weighted by Gasteiger charge is 2.46. The molecule has 1 aliphatic rings. The molecule has 1 amide bonds. The number of carbonyl (C=O) groups is 2. The van der Waals surface area contributed by atoms with Crippen molar-refractivity contribution in [3.8, 4) is 11.5 Å². The molecule has 0 aromatic heterocycles. The molecule has 1 unspecified atom stereocenters. The summed E-state index contributed by atoms with van der Waals surface area (Å²) in [6, 6.07) is 10.7. The maximum Gasteiger partial charge on any atom is 0.295 e. The van der Waals surface area contributed by atoms with E-state index in [0.29, 0.717) is 29.4 Å². The summed E-state index contributed by atoms with van der Waals surface area (Å²) in [5.41, 5.74) is 1.79. The number of phenolic OH excluding ortho intramolecular Hbond substituents is 1. The third-order valence-corrected chi connectivity index (χ3v) is 5.32. The lowest BCUT2D eigenvalue weighted by atomic mass is 9.94. The van der Waals surface area contributed by atoms with E-state index in [-0.39, 0.29) is 30.2 Å². The molecule has 1 heterocycles. The lowest BCUT2D eigenvalue weighted by molar-refractivity contribution is -0.140. The van der Waals surface area contributed by atoms with E-state index in [1.807, 2.05) is 6.92 Å². The molecule has 0 aliphatic carbocycles. The average molecular weight is 440 g/mol. The van der Waals surface area contributed by atoms with Crippen LogP contribution in [0.3, 0.4) is 0 Å². The SMILES string of the molecule is COCCN1C(=O)C(=O)C(=C(O)c2ccc(OCC(C)C)cc2C)C1c1ccc(O)cc1. The van der Waals surface area contributed by atoms with Gasteiger partial charge in [0.05, 0.1) is 24.8 Å². The van der Waals surface area contributed by atoms with Crippen LogP contribution in [0.15, 0.2) is 48.0 Å². The third kappa shape index (κ3) is 4.78. The van der Waals surface area contributed by atoms with E-state index in [0.717, 1.165) is 5.56 Å². The molecule has 7 heteroatoms. The van der Waals surface area contributed by atoms with Gasteiger partial charge < -0.3 is 24.6 Å². The standard InChI is InChI=1S/C25H29NO6/c1-15(2)14-32-19-9-10-20(16(3)13-19)23(28)21-22(17-5-7-18(27)8-6-17)26(11-12-31-4)25(30)24(21)29/h5-10,13,15,22,27-28H,11-12,14H2,1-4H3. The van der Waals surface area contributed by atoms with E-state index in [4.69, 9.17) is 9.47 Å². The molecular formula is C25H29NO6. The Morgan fingerprint density at radius 3 is 2.41 bits per heavy atom. The highest BCUT2D eigenvalue weighted by Crippen LogP contribution is 2.40. The highest BCUT2D eigenvalue weighted by molar-refractivity contribution is 6.46. The maximum atomic E-state index is 13.0. The van der Waals surface area contributed by atoms with Gasteiger partial charge in [0.25, 0.3) is 11.7 Å². The molecule has 2 N–H and O–H groups in total. The fraction of sp³-hybridized carbons (Fsp3) is 0.360. The Kier molecular flexibility index (Phi) is 7.20. The number of rotatable bonds is 8. The van der Waals surface area contributed by atoms with Crippen molar-refractivity contribution >= 4 is 17.4 Å². The van der Waals surface area contributed by atoms with Gasteiger partial charge in [0.15, 0.2) is 0 Å². The Morgan fingerprint density at radius 1 is 1.12 bits per heavy atom. The first-order valence-corrected chi connectivity index (χ1v) is 10.5. The summed E-state index contributed by atoms with van der Waals surface area (Å²) in [5.74, 6) is -0.586. The van der Waals surface area contributed by atoms with Crippen molar-refractivity contribution < 1.29 is 29.3 Å². The van der Waals surface area contributed by atoms with Crippen LogP contribution < -0.4 is 4.74 Å². The molecule has 1 saturated heterocycles. The normalized spacial score (nSPS) is 17.9. The molecule has 1 atom stereocenters. The number of ketones is 1. The zero-order valence-corrected chi connectivity index (χ0v) is 18.8. The fourth-order valence-corrected chi connectivity index (χ4v) is 3.70. The van der Waals surface area contributed by atoms with Crippen molar-refractivity contribution in [1.29, 1.82) is 0 Å². The first kappa shape index (κ1) is 23.3. The van der Waals surface area contributed by atoms with Gasteiger partial charge in [-0.3, -0.25) is 9.59 Å². The molecule has 170 valence electrons. The smallest absolute Gasteiger partial charge is 0.295 e. The van der Waals surface area contributed by atoms with E-state index < -0.39 is 17.7 Å². The van der Waals surface area contributed by atoms with E-state index >= 15 is 0 Å². The lowest BCUT2D eigenvalue weighted by Crippen LogP contribution is -2.32. The molecular weight excluding hydrogens is 410 g/mol. The highest BCUT2D eigenvalue weighted by atomic mass is 16.5. The minimum Gasteiger partial charge on any atom is -0.508 e. The molecule has 7 nitrogen and oxygen atoms in total. The average Bonchev–Trinajstić information content (AvgIpc) is 3.01. The minimum absolute atomic E-state index is 0.00995. The number of hydrogen-bond donors (Lipinski definition) is 2. The first-order chi connectivity index (χ1) is 15.2. The van der Waals surface area contributed by atoms with Crippen LogP contribution in [-0.4, -0.2) is 53.7 Å². The zero-order chi connectivity index (χ0) is 23.4. The number of nitrogens with zero attached hydrogens (tertiary/aromatic N) is 1. The van der Waals surface area contributed by atoms with Gasteiger partial charge in [0, 0.05) is 19.2 Å². The van der Waals surface area contributed by atoms with Crippen LogP contribution in [0, 0.1) is 12.8 Å². The Labute approximate surface area is 187 Å². The van der Waals surface area contributed by atoms with Gasteiger partial charge in [-0.25, -0.2) is 0 Å². The van der Waals surface area contributed by atoms with E-state index in [9.17, 15) is 19.8 Å². The van der Waals surface area contributed by atoms with E-state index in [1.165, 1.54) is 24.1 Å². The van der Waals surface area contributed by atoms with Crippen LogP contribution in [-0.2, 0) is 14.3 Å². The minimum atomic E-state index is -0.790. The van der Waals surface area contributed by atoms with Crippen molar-refractivity contribution in [2.24, 2.45) is 5.92 Å². The van der Waals surface area contributed by atoms with Crippen LogP contribution in [0.1, 0.15) is 36.6 Å². The Hall–Kier alpha value is -3.32. The molecule has 0 bridgehead atoms. The Balaban J connectivity index is 2.07. The van der Waals surface area contributed by atoms with E-state index in [2.05, 4.69) is 13.8 Å². The number of methoxy groups -OCH3 is 1. The van der Waals surface area contributed by atoms with Gasteiger partial charge in [-0.2, -0.15) is 0 Å². The summed E-state index contributed by atoms with van der Waals surface area (Å²) in [6.07, 6.45) is 0. The molecule has 0 radical (unpaired) electrons. The van der Waals surface area contributed by atoms with Gasteiger partial charge in [-0.1, -0.05) is 26.0 Å². The van der Waals surface area contributed by atoms with Crippen molar-refractivity contribution in [3.05, 3.63) is 64.7 Å². The summed E-state index contributed by atoms with van der Waals surface area (Å²) < 4.78 is 10.9. The Bertz CT molecular complexity index is 1030. The van der Waals surface area contributed by atoms with Crippen molar-refractivity contribution in [2.75, 3.05) is 26.9 Å². The van der Waals surface area contributed by atoms with Gasteiger partial charge >= 0.3 is 0 Å². The summed E-state index contributed by atoms with van der Waals surface area (Å²) in [6.45, 7) is 6.91. The summed E-state index contributed by atoms with van der Waals surface area (Å²) in [4.78, 5) is 27.2. The topological polar surface area (TPSA) is 96.3 Å². The number of aromatic hydroxyl groups is 1. The number of amides is 1. The molecule has 2 aromatic rings. The molecule has 0 spiro atoms. The zero-order valence-electron chi connectivity index (χ0n) is 18.8. The number of Topliss-reactive ketones (excluding diaryl/α,β-unsaturated/α-hetero) is 1. The number of phenols is 1. The molecule has 1 fully saturated rings. The summed E-state index contributed by atoms with van der Waals surface area (Å²) >= 11 is 0. The van der Waals surface area contributed by atoms with Gasteiger partial charge in [0.2, 0.25) is 0 Å². The second kappa shape index (κ2) is 9.87. The Morgan fingerprint density at radius 2 is 1.81 bits per heavy atom. The van der Waals surface area contributed by atoms with Crippen LogP contribution in [0.5, 0.6) is 11.5 Å².